The first-order valence-corrected chi connectivity index (χ1v) is 7.65. The molecule has 0 spiro atoms. The van der Waals surface area contributed by atoms with Crippen molar-refractivity contribution in [1.29, 1.82) is 0 Å². The zero-order valence-corrected chi connectivity index (χ0v) is 9.71. The fourth-order valence-corrected chi connectivity index (χ4v) is 5.14. The predicted octanol–water partition coefficient (Wildman–Crippen LogP) is 4.48. The van der Waals surface area contributed by atoms with E-state index < -0.39 is 8.07 Å². The molecule has 0 rings (SSSR count). The van der Waals surface area contributed by atoms with Crippen LogP contribution in [-0.2, 0) is 0 Å². The number of hydrogen-bond donors (Lipinski definition) is 0. The van der Waals surface area contributed by atoms with Crippen LogP contribution in [0.3, 0.4) is 0 Å². The molecule has 0 atom stereocenters. The Hall–Kier alpha value is -0.893. The van der Waals surface area contributed by atoms with Crippen LogP contribution in [0.5, 0.6) is 0 Å². The second kappa shape index (κ2) is 7.51. The SMILES string of the molecule is C=CC[Si](CC=C)(CC=C)CC=CF. The third-order valence-electron chi connectivity index (χ3n) is 2.37. The highest BCUT2D eigenvalue weighted by atomic mass is 28.3. The third-order valence-corrected chi connectivity index (χ3v) is 6.94. The lowest BCUT2D eigenvalue weighted by Gasteiger charge is -2.26. The third kappa shape index (κ3) is 4.37. The molecule has 0 aromatic rings. The lowest BCUT2D eigenvalue weighted by Crippen LogP contribution is -2.31. The average molecular weight is 210 g/mol. The zero-order valence-electron chi connectivity index (χ0n) is 8.71. The van der Waals surface area contributed by atoms with E-state index in [-0.39, 0.29) is 0 Å². The monoisotopic (exact) mass is 210 g/mol. The molecule has 78 valence electrons. The maximum absolute atomic E-state index is 12.0. The first kappa shape index (κ1) is 13.1. The molecule has 0 aliphatic heterocycles. The average Bonchev–Trinajstić information content (AvgIpc) is 2.16. The van der Waals surface area contributed by atoms with Crippen molar-refractivity contribution in [2.75, 3.05) is 0 Å². The largest absolute Gasteiger partial charge is 0.216 e. The van der Waals surface area contributed by atoms with Crippen molar-refractivity contribution in [3.8, 4) is 0 Å². The van der Waals surface area contributed by atoms with Gasteiger partial charge in [-0.1, -0.05) is 24.3 Å². The topological polar surface area (TPSA) is 0 Å². The van der Waals surface area contributed by atoms with Crippen molar-refractivity contribution >= 4 is 8.07 Å². The molecule has 0 aliphatic carbocycles. The van der Waals surface area contributed by atoms with Gasteiger partial charge >= 0.3 is 0 Å². The minimum absolute atomic E-state index is 0.636. The lowest BCUT2D eigenvalue weighted by atomic mass is 10.7. The Balaban J connectivity index is 4.59. The molecular formula is C12H19FSi. The van der Waals surface area contributed by atoms with Crippen LogP contribution in [0.25, 0.3) is 0 Å². The highest BCUT2D eigenvalue weighted by Gasteiger charge is 2.27. The van der Waals surface area contributed by atoms with Crippen LogP contribution in [0.1, 0.15) is 0 Å². The predicted molar refractivity (Wildman–Crippen MR) is 65.8 cm³/mol. The number of hydrogen-bond acceptors (Lipinski definition) is 0. The molecule has 0 fully saturated rings. The summed E-state index contributed by atoms with van der Waals surface area (Å²) in [5.74, 6) is 0. The van der Waals surface area contributed by atoms with Crippen LogP contribution in [0, 0.1) is 0 Å². The van der Waals surface area contributed by atoms with E-state index in [2.05, 4.69) is 19.7 Å². The summed E-state index contributed by atoms with van der Waals surface area (Å²) in [6, 6.07) is 3.83. The molecule has 0 aromatic carbocycles. The summed E-state index contributed by atoms with van der Waals surface area (Å²) >= 11 is 0. The molecule has 0 heterocycles. The van der Waals surface area contributed by atoms with Gasteiger partial charge in [-0.15, -0.1) is 19.7 Å². The number of halogens is 1. The maximum Gasteiger partial charge on any atom is 0.0824 e. The molecule has 0 radical (unpaired) electrons. The number of rotatable bonds is 8. The Morgan fingerprint density at radius 1 is 0.857 bits per heavy atom. The summed E-state index contributed by atoms with van der Waals surface area (Å²) in [5, 5.41) is 0. The molecule has 0 N–H and O–H groups in total. The second-order valence-electron chi connectivity index (χ2n) is 3.54. The van der Waals surface area contributed by atoms with Crippen molar-refractivity contribution in [3.63, 3.8) is 0 Å². The van der Waals surface area contributed by atoms with Crippen molar-refractivity contribution in [1.82, 2.24) is 0 Å². The van der Waals surface area contributed by atoms with Gasteiger partial charge in [-0.25, -0.2) is 4.39 Å². The molecule has 0 saturated carbocycles. The van der Waals surface area contributed by atoms with Gasteiger partial charge in [-0.05, 0) is 24.2 Å². The van der Waals surface area contributed by atoms with Crippen molar-refractivity contribution in [2.24, 2.45) is 0 Å². The van der Waals surface area contributed by atoms with Gasteiger partial charge in [-0.2, -0.15) is 0 Å². The molecular weight excluding hydrogens is 191 g/mol. The maximum atomic E-state index is 12.0. The highest BCUT2D eigenvalue weighted by Crippen LogP contribution is 2.27. The Morgan fingerprint density at radius 3 is 1.57 bits per heavy atom. The van der Waals surface area contributed by atoms with E-state index in [9.17, 15) is 4.39 Å². The Bertz CT molecular complexity index is 192. The Morgan fingerprint density at radius 2 is 1.29 bits per heavy atom. The fourth-order valence-electron chi connectivity index (χ4n) is 1.71. The van der Waals surface area contributed by atoms with Crippen LogP contribution in [-0.4, -0.2) is 8.07 Å². The molecule has 14 heavy (non-hydrogen) atoms. The lowest BCUT2D eigenvalue weighted by molar-refractivity contribution is 0.718. The van der Waals surface area contributed by atoms with Crippen LogP contribution < -0.4 is 0 Å². The summed E-state index contributed by atoms with van der Waals surface area (Å²) in [7, 11) is -1.50. The quantitative estimate of drug-likeness (QED) is 0.409. The summed E-state index contributed by atoms with van der Waals surface area (Å²) in [6.07, 6.45) is 8.06. The number of allylic oxidation sites excluding steroid dienone is 4. The second-order valence-corrected chi connectivity index (χ2v) is 8.18. The zero-order chi connectivity index (χ0) is 10.9. The smallest absolute Gasteiger partial charge is 0.0824 e. The van der Waals surface area contributed by atoms with Crippen LogP contribution in [0.4, 0.5) is 4.39 Å². The minimum atomic E-state index is -1.50. The van der Waals surface area contributed by atoms with E-state index in [1.54, 1.807) is 6.08 Å². The molecule has 2 heteroatoms. The molecule has 0 bridgehead atoms. The van der Waals surface area contributed by atoms with E-state index in [4.69, 9.17) is 0 Å². The molecule has 0 aliphatic rings. The molecule has 0 amide bonds. The summed E-state index contributed by atoms with van der Waals surface area (Å²) in [5.41, 5.74) is 0. The van der Waals surface area contributed by atoms with Crippen LogP contribution in [0.2, 0.25) is 24.2 Å². The molecule has 0 nitrogen and oxygen atoms in total. The van der Waals surface area contributed by atoms with Gasteiger partial charge in [0.15, 0.2) is 0 Å². The van der Waals surface area contributed by atoms with Gasteiger partial charge in [0.1, 0.15) is 0 Å². The minimum Gasteiger partial charge on any atom is -0.216 e. The summed E-state index contributed by atoms with van der Waals surface area (Å²) in [6.45, 7) is 11.3. The van der Waals surface area contributed by atoms with Gasteiger partial charge in [0.05, 0.1) is 14.4 Å². The van der Waals surface area contributed by atoms with Gasteiger partial charge in [0.2, 0.25) is 0 Å². The van der Waals surface area contributed by atoms with Crippen LogP contribution >= 0.6 is 0 Å². The summed E-state index contributed by atoms with van der Waals surface area (Å²) < 4.78 is 12.0. The first-order chi connectivity index (χ1) is 6.74. The molecule has 0 saturated heterocycles. The first-order valence-electron chi connectivity index (χ1n) is 4.82. The van der Waals surface area contributed by atoms with Crippen molar-refractivity contribution < 1.29 is 4.39 Å². The van der Waals surface area contributed by atoms with Crippen molar-refractivity contribution in [2.45, 2.75) is 24.2 Å². The fraction of sp³-hybridized carbons (Fsp3) is 0.333. The van der Waals surface area contributed by atoms with E-state index in [0.29, 0.717) is 6.33 Å². The molecule has 0 aromatic heterocycles. The van der Waals surface area contributed by atoms with E-state index in [1.165, 1.54) is 0 Å². The standard InChI is InChI=1S/C12H19FSi/c1-4-9-14(10-5-2,11-6-3)12-7-8-13/h4-8H,1-3,9-12H2. The van der Waals surface area contributed by atoms with Gasteiger partial charge in [-0.3, -0.25) is 0 Å². The van der Waals surface area contributed by atoms with Gasteiger partial charge in [0, 0.05) is 0 Å². The van der Waals surface area contributed by atoms with E-state index >= 15 is 0 Å². The Kier molecular flexibility index (Phi) is 7.03. The Labute approximate surface area is 87.5 Å². The van der Waals surface area contributed by atoms with E-state index in [0.717, 1.165) is 24.2 Å². The summed E-state index contributed by atoms with van der Waals surface area (Å²) in [4.78, 5) is 0. The van der Waals surface area contributed by atoms with Crippen molar-refractivity contribution in [3.05, 3.63) is 50.4 Å². The van der Waals surface area contributed by atoms with Gasteiger partial charge < -0.3 is 0 Å². The molecule has 0 unspecified atom stereocenters. The van der Waals surface area contributed by atoms with E-state index in [1.807, 2.05) is 18.2 Å². The van der Waals surface area contributed by atoms with Crippen LogP contribution in [0.15, 0.2) is 50.4 Å². The highest BCUT2D eigenvalue weighted by molar-refractivity contribution is 6.81. The van der Waals surface area contributed by atoms with Gasteiger partial charge in [0.25, 0.3) is 0 Å². The normalized spacial score (nSPS) is 11.5.